The van der Waals surface area contributed by atoms with Gasteiger partial charge in [-0.25, -0.2) is 0 Å². The molecule has 19 heavy (non-hydrogen) atoms. The van der Waals surface area contributed by atoms with Crippen LogP contribution in [0.3, 0.4) is 0 Å². The van der Waals surface area contributed by atoms with E-state index >= 15 is 0 Å². The first-order valence-electron chi connectivity index (χ1n) is 7.02. The smallest absolute Gasteiger partial charge is 0.127 e. The molecule has 0 aliphatic carbocycles. The van der Waals surface area contributed by atoms with Crippen molar-refractivity contribution >= 4 is 10.8 Å². The summed E-state index contributed by atoms with van der Waals surface area (Å²) in [6.45, 7) is 8.44. The summed E-state index contributed by atoms with van der Waals surface area (Å²) in [5, 5.41) is 5.83. The van der Waals surface area contributed by atoms with Crippen molar-refractivity contribution in [2.24, 2.45) is 5.92 Å². The number of benzene rings is 2. The standard InChI is InChI=1S/C17H23NO/c1-13(2)11-18-12-14(3)19-17-10-6-8-15-7-4-5-9-16(15)17/h4-10,13-14,18H,11-12H2,1-3H3. The number of hydrogen-bond acceptors (Lipinski definition) is 2. The van der Waals surface area contributed by atoms with Gasteiger partial charge in [-0.2, -0.15) is 0 Å². The van der Waals surface area contributed by atoms with Crippen LogP contribution in [0, 0.1) is 5.92 Å². The zero-order valence-electron chi connectivity index (χ0n) is 12.0. The van der Waals surface area contributed by atoms with Crippen molar-refractivity contribution in [2.75, 3.05) is 13.1 Å². The van der Waals surface area contributed by atoms with Gasteiger partial charge in [0, 0.05) is 11.9 Å². The molecule has 1 N–H and O–H groups in total. The first-order valence-corrected chi connectivity index (χ1v) is 7.02. The highest BCUT2D eigenvalue weighted by Gasteiger charge is 2.07. The Labute approximate surface area is 115 Å². The molecule has 0 fully saturated rings. The molecule has 0 amide bonds. The molecule has 0 radical (unpaired) electrons. The van der Waals surface area contributed by atoms with Crippen molar-refractivity contribution in [3.8, 4) is 5.75 Å². The highest BCUT2D eigenvalue weighted by atomic mass is 16.5. The lowest BCUT2D eigenvalue weighted by Gasteiger charge is -2.17. The number of rotatable bonds is 6. The zero-order chi connectivity index (χ0) is 13.7. The highest BCUT2D eigenvalue weighted by Crippen LogP contribution is 2.25. The maximum Gasteiger partial charge on any atom is 0.127 e. The van der Waals surface area contributed by atoms with E-state index in [1.165, 1.54) is 10.8 Å². The summed E-state index contributed by atoms with van der Waals surface area (Å²) < 4.78 is 6.05. The van der Waals surface area contributed by atoms with Crippen molar-refractivity contribution in [1.29, 1.82) is 0 Å². The van der Waals surface area contributed by atoms with E-state index in [1.54, 1.807) is 0 Å². The van der Waals surface area contributed by atoms with E-state index in [0.717, 1.165) is 18.8 Å². The quantitative estimate of drug-likeness (QED) is 0.848. The Balaban J connectivity index is 2.00. The largest absolute Gasteiger partial charge is 0.489 e. The Morgan fingerprint density at radius 3 is 2.47 bits per heavy atom. The fourth-order valence-corrected chi connectivity index (χ4v) is 2.13. The second-order valence-electron chi connectivity index (χ2n) is 5.46. The summed E-state index contributed by atoms with van der Waals surface area (Å²) in [5.74, 6) is 1.64. The van der Waals surface area contributed by atoms with Crippen molar-refractivity contribution in [2.45, 2.75) is 26.9 Å². The minimum atomic E-state index is 0.171. The van der Waals surface area contributed by atoms with Crippen LogP contribution in [-0.2, 0) is 0 Å². The molecule has 0 spiro atoms. The number of fused-ring (bicyclic) bond motifs is 1. The molecule has 2 aromatic rings. The predicted octanol–water partition coefficient (Wildman–Crippen LogP) is 3.85. The molecule has 0 heterocycles. The maximum atomic E-state index is 6.05. The molecule has 1 atom stereocenters. The normalized spacial score (nSPS) is 12.8. The molecule has 1 unspecified atom stereocenters. The van der Waals surface area contributed by atoms with Gasteiger partial charge < -0.3 is 10.1 Å². The summed E-state index contributed by atoms with van der Waals surface area (Å²) in [7, 11) is 0. The van der Waals surface area contributed by atoms with Crippen LogP contribution in [0.5, 0.6) is 5.75 Å². The third-order valence-corrected chi connectivity index (χ3v) is 3.06. The van der Waals surface area contributed by atoms with Gasteiger partial charge >= 0.3 is 0 Å². The minimum Gasteiger partial charge on any atom is -0.489 e. The van der Waals surface area contributed by atoms with Crippen molar-refractivity contribution < 1.29 is 4.74 Å². The zero-order valence-corrected chi connectivity index (χ0v) is 12.0. The molecular weight excluding hydrogens is 234 g/mol. The monoisotopic (exact) mass is 257 g/mol. The van der Waals surface area contributed by atoms with Gasteiger partial charge in [-0.05, 0) is 30.8 Å². The average molecular weight is 257 g/mol. The Morgan fingerprint density at radius 2 is 1.68 bits per heavy atom. The first-order chi connectivity index (χ1) is 9.16. The van der Waals surface area contributed by atoms with Crippen LogP contribution >= 0.6 is 0 Å². The van der Waals surface area contributed by atoms with Gasteiger partial charge in [0.15, 0.2) is 0 Å². The molecule has 0 saturated carbocycles. The molecule has 0 saturated heterocycles. The van der Waals surface area contributed by atoms with Gasteiger partial charge in [0.25, 0.3) is 0 Å². The molecule has 0 aliphatic heterocycles. The lowest BCUT2D eigenvalue weighted by molar-refractivity contribution is 0.218. The molecule has 0 aliphatic rings. The van der Waals surface area contributed by atoms with Crippen LogP contribution in [0.25, 0.3) is 10.8 Å². The molecule has 0 aromatic heterocycles. The Morgan fingerprint density at radius 1 is 0.947 bits per heavy atom. The van der Waals surface area contributed by atoms with Gasteiger partial charge in [0.1, 0.15) is 11.9 Å². The summed E-state index contributed by atoms with van der Waals surface area (Å²) in [6, 6.07) is 14.5. The van der Waals surface area contributed by atoms with Crippen molar-refractivity contribution in [1.82, 2.24) is 5.32 Å². The van der Waals surface area contributed by atoms with Crippen LogP contribution in [0.4, 0.5) is 0 Å². The maximum absolute atomic E-state index is 6.05. The highest BCUT2D eigenvalue weighted by molar-refractivity contribution is 5.88. The van der Waals surface area contributed by atoms with E-state index in [9.17, 15) is 0 Å². The molecule has 2 aromatic carbocycles. The van der Waals surface area contributed by atoms with Crippen LogP contribution in [-0.4, -0.2) is 19.2 Å². The molecule has 0 bridgehead atoms. The lowest BCUT2D eigenvalue weighted by atomic mass is 10.1. The third kappa shape index (κ3) is 3.97. The molecular formula is C17H23NO. The van der Waals surface area contributed by atoms with E-state index in [-0.39, 0.29) is 6.10 Å². The van der Waals surface area contributed by atoms with E-state index in [2.05, 4.69) is 56.4 Å². The van der Waals surface area contributed by atoms with Gasteiger partial charge in [-0.3, -0.25) is 0 Å². The molecule has 2 heteroatoms. The second kappa shape index (κ2) is 6.58. The average Bonchev–Trinajstić information content (AvgIpc) is 2.39. The topological polar surface area (TPSA) is 21.3 Å². The summed E-state index contributed by atoms with van der Waals surface area (Å²) >= 11 is 0. The van der Waals surface area contributed by atoms with Crippen LogP contribution in [0.1, 0.15) is 20.8 Å². The Kier molecular flexibility index (Phi) is 4.80. The molecule has 2 rings (SSSR count). The first kappa shape index (κ1) is 13.9. The SMILES string of the molecule is CC(C)CNCC(C)Oc1cccc2ccccc12. The van der Waals surface area contributed by atoms with E-state index in [4.69, 9.17) is 4.74 Å². The number of ether oxygens (including phenoxy) is 1. The lowest BCUT2D eigenvalue weighted by Crippen LogP contribution is -2.31. The van der Waals surface area contributed by atoms with Gasteiger partial charge in [0.05, 0.1) is 0 Å². The van der Waals surface area contributed by atoms with E-state index in [1.807, 2.05) is 12.1 Å². The van der Waals surface area contributed by atoms with Crippen molar-refractivity contribution in [3.05, 3.63) is 42.5 Å². The Hall–Kier alpha value is -1.54. The van der Waals surface area contributed by atoms with Crippen LogP contribution in [0.2, 0.25) is 0 Å². The van der Waals surface area contributed by atoms with E-state index in [0.29, 0.717) is 5.92 Å². The van der Waals surface area contributed by atoms with Gasteiger partial charge in [-0.1, -0.05) is 50.2 Å². The van der Waals surface area contributed by atoms with Gasteiger partial charge in [0.2, 0.25) is 0 Å². The summed E-state index contributed by atoms with van der Waals surface area (Å²) in [4.78, 5) is 0. The minimum absolute atomic E-state index is 0.171. The third-order valence-electron chi connectivity index (χ3n) is 3.06. The molecule has 102 valence electrons. The van der Waals surface area contributed by atoms with Gasteiger partial charge in [-0.15, -0.1) is 0 Å². The van der Waals surface area contributed by atoms with Crippen LogP contribution < -0.4 is 10.1 Å². The predicted molar refractivity (Wildman–Crippen MR) is 81.7 cm³/mol. The Bertz CT molecular complexity index is 516. The van der Waals surface area contributed by atoms with Crippen molar-refractivity contribution in [3.63, 3.8) is 0 Å². The molecule has 2 nitrogen and oxygen atoms in total. The fraction of sp³-hybridized carbons (Fsp3) is 0.412. The summed E-state index contributed by atoms with van der Waals surface area (Å²) in [6.07, 6.45) is 0.171. The fourth-order valence-electron chi connectivity index (χ4n) is 2.13. The number of nitrogens with one attached hydrogen (secondary N) is 1. The van der Waals surface area contributed by atoms with Crippen LogP contribution in [0.15, 0.2) is 42.5 Å². The second-order valence-corrected chi connectivity index (χ2v) is 5.46. The summed E-state index contributed by atoms with van der Waals surface area (Å²) in [5.41, 5.74) is 0. The number of hydrogen-bond donors (Lipinski definition) is 1. The van der Waals surface area contributed by atoms with E-state index < -0.39 is 0 Å².